The number of carbonyl (C=O) groups is 1. The van der Waals surface area contributed by atoms with Crippen LogP contribution in [0.4, 0.5) is 5.69 Å². The summed E-state index contributed by atoms with van der Waals surface area (Å²) in [6.07, 6.45) is 1.54. The van der Waals surface area contributed by atoms with Gasteiger partial charge in [-0.3, -0.25) is 4.79 Å². The highest BCUT2D eigenvalue weighted by atomic mass is 16.1. The van der Waals surface area contributed by atoms with E-state index in [0.717, 1.165) is 12.2 Å². The summed E-state index contributed by atoms with van der Waals surface area (Å²) in [5.74, 6) is -0.519. The van der Waals surface area contributed by atoms with Gasteiger partial charge in [0.05, 0.1) is 11.9 Å². The molecule has 0 radical (unpaired) electrons. The summed E-state index contributed by atoms with van der Waals surface area (Å²) in [4.78, 5) is 14.5. The number of nitrogens with one attached hydrogen (secondary N) is 2. The van der Waals surface area contributed by atoms with Gasteiger partial charge in [0.15, 0.2) is 0 Å². The number of hydrogen-bond acceptors (Lipinski definition) is 4. The van der Waals surface area contributed by atoms with E-state index in [1.807, 2.05) is 6.92 Å². The number of carbonyl (C=O) groups excluding carboxylic acids is 1. The van der Waals surface area contributed by atoms with Crippen LogP contribution in [-0.2, 0) is 0 Å². The molecule has 0 atom stereocenters. The summed E-state index contributed by atoms with van der Waals surface area (Å²) in [5.41, 5.74) is 11.9. The van der Waals surface area contributed by atoms with Crippen molar-refractivity contribution in [2.45, 2.75) is 6.92 Å². The third-order valence-corrected chi connectivity index (χ3v) is 1.43. The minimum Gasteiger partial charge on any atom is -0.364 e. The lowest BCUT2D eigenvalue weighted by Crippen LogP contribution is -2.21. The van der Waals surface area contributed by atoms with E-state index in [4.69, 9.17) is 5.73 Å². The fraction of sp³-hybridized carbons (Fsp3) is 0.250. The van der Waals surface area contributed by atoms with E-state index in [2.05, 4.69) is 15.8 Å². The predicted molar refractivity (Wildman–Crippen MR) is 50.1 cm³/mol. The number of primary amides is 1. The van der Waals surface area contributed by atoms with Gasteiger partial charge < -0.3 is 11.2 Å². The van der Waals surface area contributed by atoms with Crippen molar-refractivity contribution in [2.75, 3.05) is 12.0 Å². The maximum atomic E-state index is 10.6. The number of nitrogens with two attached hydrogens (primary N) is 1. The number of amides is 1. The molecule has 0 saturated heterocycles. The first-order chi connectivity index (χ1) is 6.24. The van der Waals surface area contributed by atoms with Gasteiger partial charge in [0.25, 0.3) is 5.91 Å². The molecule has 5 heteroatoms. The second kappa shape index (κ2) is 4.42. The molecule has 1 amide bonds. The second-order valence-corrected chi connectivity index (χ2v) is 2.45. The van der Waals surface area contributed by atoms with Gasteiger partial charge in [-0.1, -0.05) is 6.92 Å². The second-order valence-electron chi connectivity index (χ2n) is 2.45. The van der Waals surface area contributed by atoms with Crippen molar-refractivity contribution in [1.82, 2.24) is 10.4 Å². The third-order valence-electron chi connectivity index (χ3n) is 1.43. The van der Waals surface area contributed by atoms with Crippen molar-refractivity contribution < 1.29 is 4.79 Å². The van der Waals surface area contributed by atoms with E-state index in [1.165, 1.54) is 0 Å². The van der Waals surface area contributed by atoms with Gasteiger partial charge in [-0.2, -0.15) is 0 Å². The topological polar surface area (TPSA) is 80.0 Å². The lowest BCUT2D eigenvalue weighted by atomic mass is 10.3. The van der Waals surface area contributed by atoms with Crippen molar-refractivity contribution in [3.05, 3.63) is 24.0 Å². The molecule has 5 nitrogen and oxygen atoms in total. The molecule has 1 aromatic rings. The van der Waals surface area contributed by atoms with Gasteiger partial charge in [0, 0.05) is 6.54 Å². The molecule has 1 heterocycles. The summed E-state index contributed by atoms with van der Waals surface area (Å²) in [5, 5.41) is 0. The minimum absolute atomic E-state index is 0.266. The number of pyridine rings is 1. The van der Waals surface area contributed by atoms with Crippen molar-refractivity contribution in [1.29, 1.82) is 0 Å². The molecule has 0 aliphatic carbocycles. The number of hydrazine groups is 1. The van der Waals surface area contributed by atoms with Crippen LogP contribution in [-0.4, -0.2) is 17.4 Å². The summed E-state index contributed by atoms with van der Waals surface area (Å²) >= 11 is 0. The first-order valence-corrected chi connectivity index (χ1v) is 3.98. The molecule has 0 aliphatic heterocycles. The number of hydrogen-bond donors (Lipinski definition) is 3. The molecule has 70 valence electrons. The minimum atomic E-state index is -0.519. The Balaban J connectivity index is 2.64. The van der Waals surface area contributed by atoms with Crippen LogP contribution in [0.2, 0.25) is 0 Å². The van der Waals surface area contributed by atoms with Crippen LogP contribution < -0.4 is 16.6 Å². The van der Waals surface area contributed by atoms with Crippen LogP contribution >= 0.6 is 0 Å². The molecular weight excluding hydrogens is 168 g/mol. The molecule has 0 bridgehead atoms. The Morgan fingerprint density at radius 3 is 2.85 bits per heavy atom. The fourth-order valence-electron chi connectivity index (χ4n) is 0.804. The maximum absolute atomic E-state index is 10.6. The highest BCUT2D eigenvalue weighted by Gasteiger charge is 2.00. The Bertz CT molecular complexity index is 283. The zero-order chi connectivity index (χ0) is 9.68. The van der Waals surface area contributed by atoms with E-state index < -0.39 is 5.91 Å². The molecule has 0 aliphatic rings. The van der Waals surface area contributed by atoms with Gasteiger partial charge in [0.1, 0.15) is 5.69 Å². The zero-order valence-electron chi connectivity index (χ0n) is 7.37. The van der Waals surface area contributed by atoms with Gasteiger partial charge in [-0.05, 0) is 12.1 Å². The average Bonchev–Trinajstić information content (AvgIpc) is 2.15. The van der Waals surface area contributed by atoms with Crippen molar-refractivity contribution >= 4 is 11.6 Å². The van der Waals surface area contributed by atoms with Gasteiger partial charge in [0.2, 0.25) is 0 Å². The van der Waals surface area contributed by atoms with E-state index in [9.17, 15) is 4.79 Å². The first kappa shape index (κ1) is 9.47. The Labute approximate surface area is 76.3 Å². The zero-order valence-corrected chi connectivity index (χ0v) is 7.37. The maximum Gasteiger partial charge on any atom is 0.267 e. The highest BCUT2D eigenvalue weighted by Crippen LogP contribution is 2.03. The summed E-state index contributed by atoms with van der Waals surface area (Å²) in [6, 6.07) is 3.30. The predicted octanol–water partition coefficient (Wildman–Crippen LogP) is 0.117. The first-order valence-electron chi connectivity index (χ1n) is 3.98. The Hall–Kier alpha value is -1.62. The highest BCUT2D eigenvalue weighted by molar-refractivity contribution is 5.90. The van der Waals surface area contributed by atoms with E-state index >= 15 is 0 Å². The van der Waals surface area contributed by atoms with Crippen molar-refractivity contribution in [3.8, 4) is 0 Å². The standard InChI is InChI=1S/C8H12N4O/c1-2-11-12-6-3-4-7(8(9)13)10-5-6/h3-5,11-12H,2H2,1H3,(H2,9,13). The summed E-state index contributed by atoms with van der Waals surface area (Å²) < 4.78 is 0. The van der Waals surface area contributed by atoms with E-state index in [0.29, 0.717) is 0 Å². The van der Waals surface area contributed by atoms with Gasteiger partial charge in [-0.25, -0.2) is 10.4 Å². The van der Waals surface area contributed by atoms with Gasteiger partial charge in [-0.15, -0.1) is 0 Å². The Morgan fingerprint density at radius 1 is 1.62 bits per heavy atom. The van der Waals surface area contributed by atoms with Crippen LogP contribution in [0.5, 0.6) is 0 Å². The Morgan fingerprint density at radius 2 is 2.38 bits per heavy atom. The van der Waals surface area contributed by atoms with E-state index in [-0.39, 0.29) is 5.69 Å². The molecule has 0 saturated carbocycles. The molecule has 13 heavy (non-hydrogen) atoms. The largest absolute Gasteiger partial charge is 0.364 e. The van der Waals surface area contributed by atoms with Crippen molar-refractivity contribution in [2.24, 2.45) is 5.73 Å². The molecule has 4 N–H and O–H groups in total. The van der Waals surface area contributed by atoms with Crippen molar-refractivity contribution in [3.63, 3.8) is 0 Å². The molecular formula is C8H12N4O. The average molecular weight is 180 g/mol. The number of rotatable bonds is 4. The summed E-state index contributed by atoms with van der Waals surface area (Å²) in [6.45, 7) is 2.77. The quantitative estimate of drug-likeness (QED) is 0.575. The van der Waals surface area contributed by atoms with Gasteiger partial charge >= 0.3 is 0 Å². The molecule has 0 unspecified atom stereocenters. The third kappa shape index (κ3) is 2.72. The normalized spacial score (nSPS) is 9.62. The van der Waals surface area contributed by atoms with Crippen LogP contribution in [0.25, 0.3) is 0 Å². The summed E-state index contributed by atoms with van der Waals surface area (Å²) in [7, 11) is 0. The number of nitrogens with zero attached hydrogens (tertiary/aromatic N) is 1. The van der Waals surface area contributed by atoms with Crippen LogP contribution in [0, 0.1) is 0 Å². The molecule has 0 spiro atoms. The lowest BCUT2D eigenvalue weighted by Gasteiger charge is -2.04. The smallest absolute Gasteiger partial charge is 0.267 e. The number of aromatic nitrogens is 1. The van der Waals surface area contributed by atoms with E-state index in [1.54, 1.807) is 18.3 Å². The fourth-order valence-corrected chi connectivity index (χ4v) is 0.804. The van der Waals surface area contributed by atoms with Crippen LogP contribution in [0.15, 0.2) is 18.3 Å². The van der Waals surface area contributed by atoms with Crippen LogP contribution in [0.1, 0.15) is 17.4 Å². The lowest BCUT2D eigenvalue weighted by molar-refractivity contribution is 0.0995. The molecule has 1 aromatic heterocycles. The number of anilines is 1. The Kier molecular flexibility index (Phi) is 3.22. The molecule has 0 fully saturated rings. The SMILES string of the molecule is CCNNc1ccc(C(N)=O)nc1. The van der Waals surface area contributed by atoms with Crippen LogP contribution in [0.3, 0.4) is 0 Å². The monoisotopic (exact) mass is 180 g/mol. The molecule has 0 aromatic carbocycles. The molecule has 1 rings (SSSR count).